The lowest BCUT2D eigenvalue weighted by molar-refractivity contribution is -0.132. The molecule has 0 aromatic heterocycles. The van der Waals surface area contributed by atoms with E-state index in [9.17, 15) is 13.2 Å². The number of ketones is 1. The number of rotatable bonds is 7. The van der Waals surface area contributed by atoms with Gasteiger partial charge in [-0.15, -0.1) is 0 Å². The van der Waals surface area contributed by atoms with Gasteiger partial charge < -0.3 is 0 Å². The van der Waals surface area contributed by atoms with Gasteiger partial charge in [-0.2, -0.15) is 8.42 Å². The normalized spacial score (nSPS) is 29.5. The van der Waals surface area contributed by atoms with E-state index < -0.39 is 20.8 Å². The monoisotopic (exact) mass is 336 g/mol. The molecule has 0 radical (unpaired) electrons. The van der Waals surface area contributed by atoms with Gasteiger partial charge in [0.1, 0.15) is 5.78 Å². The third-order valence-electron chi connectivity index (χ3n) is 5.18. The molecule has 0 amide bonds. The van der Waals surface area contributed by atoms with Crippen LogP contribution in [0.15, 0.2) is 30.3 Å². The second kappa shape index (κ2) is 6.02. The quantitative estimate of drug-likeness (QED) is 0.718. The molecule has 3 saturated carbocycles. The highest BCUT2D eigenvalue weighted by Crippen LogP contribution is 2.62. The molecule has 1 atom stereocenters. The molecule has 3 aliphatic carbocycles. The van der Waals surface area contributed by atoms with Crippen molar-refractivity contribution >= 4 is 15.9 Å². The molecule has 3 fully saturated rings. The number of Topliss-reactive ketones (excluding diaryl/α,β-unsaturated/α-hetero) is 1. The molecule has 23 heavy (non-hydrogen) atoms. The first kappa shape index (κ1) is 16.7. The van der Waals surface area contributed by atoms with E-state index >= 15 is 0 Å². The minimum atomic E-state index is -3.67. The smallest absolute Gasteiger partial charge is 0.271 e. The molecule has 0 spiro atoms. The van der Waals surface area contributed by atoms with Gasteiger partial charge in [-0.05, 0) is 51.0 Å². The van der Waals surface area contributed by atoms with Crippen molar-refractivity contribution in [3.05, 3.63) is 35.9 Å². The summed E-state index contributed by atoms with van der Waals surface area (Å²) in [5, 5.41) is -0.648. The van der Waals surface area contributed by atoms with Gasteiger partial charge in [0.05, 0.1) is 11.4 Å². The molecule has 0 N–H and O–H groups in total. The average Bonchev–Trinajstić information content (AvgIpc) is 3.01. The molecule has 3 aliphatic rings. The van der Waals surface area contributed by atoms with Gasteiger partial charge in [-0.25, -0.2) is 0 Å². The number of hydrogen-bond donors (Lipinski definition) is 0. The van der Waals surface area contributed by atoms with Crippen LogP contribution in [0.5, 0.6) is 0 Å². The fraction of sp³-hybridized carbons (Fsp3) is 0.611. The maximum Gasteiger partial charge on any atom is 0.271 e. The molecule has 1 aromatic rings. The Morgan fingerprint density at radius 1 is 1.26 bits per heavy atom. The van der Waals surface area contributed by atoms with Gasteiger partial charge in [0.15, 0.2) is 0 Å². The van der Waals surface area contributed by atoms with Crippen LogP contribution >= 0.6 is 0 Å². The fourth-order valence-electron chi connectivity index (χ4n) is 4.22. The van der Waals surface area contributed by atoms with Crippen molar-refractivity contribution < 1.29 is 17.4 Å². The maximum absolute atomic E-state index is 12.8. The number of carbonyl (C=O) groups is 1. The summed E-state index contributed by atoms with van der Waals surface area (Å²) >= 11 is 0. The Bertz CT molecular complexity index is 672. The molecule has 0 aliphatic heterocycles. The van der Waals surface area contributed by atoms with Crippen molar-refractivity contribution in [3.63, 3.8) is 0 Å². The molecule has 0 heterocycles. The molecule has 1 unspecified atom stereocenters. The van der Waals surface area contributed by atoms with Gasteiger partial charge in [0.2, 0.25) is 0 Å². The van der Waals surface area contributed by atoms with Crippen LogP contribution < -0.4 is 0 Å². The van der Waals surface area contributed by atoms with Crippen molar-refractivity contribution in [2.75, 3.05) is 0 Å². The average molecular weight is 336 g/mol. The molecule has 2 bridgehead atoms. The lowest BCUT2D eigenvalue weighted by Gasteiger charge is -2.39. The number of hydrogen-bond acceptors (Lipinski definition) is 4. The van der Waals surface area contributed by atoms with Gasteiger partial charge >= 0.3 is 0 Å². The van der Waals surface area contributed by atoms with Crippen LogP contribution in [-0.4, -0.2) is 25.6 Å². The SMILES string of the molecule is CC(C)OS(=O)(=O)C1CC2CC1(C(=O)CCc1ccccc1)C2. The lowest BCUT2D eigenvalue weighted by Crippen LogP contribution is -2.46. The zero-order valence-corrected chi connectivity index (χ0v) is 14.5. The Balaban J connectivity index is 1.72. The summed E-state index contributed by atoms with van der Waals surface area (Å²) in [4.78, 5) is 12.8. The largest absolute Gasteiger partial charge is 0.299 e. The van der Waals surface area contributed by atoms with Crippen molar-refractivity contribution in [3.8, 4) is 0 Å². The predicted molar refractivity (Wildman–Crippen MR) is 88.5 cm³/mol. The summed E-state index contributed by atoms with van der Waals surface area (Å²) in [5.74, 6) is 0.460. The first-order valence-electron chi connectivity index (χ1n) is 8.33. The number of fused-ring (bicyclic) bond motifs is 1. The van der Waals surface area contributed by atoms with E-state index in [1.165, 1.54) is 0 Å². The number of aryl methyl sites for hydroxylation is 1. The van der Waals surface area contributed by atoms with E-state index in [0.717, 1.165) is 5.56 Å². The fourth-order valence-corrected chi connectivity index (χ4v) is 6.27. The van der Waals surface area contributed by atoms with Crippen LogP contribution in [0.3, 0.4) is 0 Å². The molecular formula is C18H24O4S. The third-order valence-corrected chi connectivity index (χ3v) is 7.18. The predicted octanol–water partition coefficient (Wildman–Crippen LogP) is 3.11. The first-order chi connectivity index (χ1) is 10.8. The molecule has 5 heteroatoms. The highest BCUT2D eigenvalue weighted by Gasteiger charge is 2.65. The van der Waals surface area contributed by atoms with Crippen LogP contribution in [0.25, 0.3) is 0 Å². The minimum absolute atomic E-state index is 0.0936. The Kier molecular flexibility index (Phi) is 4.36. The summed E-state index contributed by atoms with van der Waals surface area (Å²) in [6.45, 7) is 3.42. The molecular weight excluding hydrogens is 312 g/mol. The van der Waals surface area contributed by atoms with Crippen molar-refractivity contribution in [1.29, 1.82) is 0 Å². The molecule has 1 aromatic carbocycles. The molecule has 0 saturated heterocycles. The van der Waals surface area contributed by atoms with E-state index in [1.54, 1.807) is 13.8 Å². The van der Waals surface area contributed by atoms with Crippen LogP contribution in [0.1, 0.15) is 45.1 Å². The van der Waals surface area contributed by atoms with Crippen LogP contribution in [0.2, 0.25) is 0 Å². The van der Waals surface area contributed by atoms with E-state index in [0.29, 0.717) is 38.0 Å². The highest BCUT2D eigenvalue weighted by atomic mass is 32.2. The Labute approximate surface area is 138 Å². The topological polar surface area (TPSA) is 60.4 Å². The van der Waals surface area contributed by atoms with Crippen LogP contribution in [-0.2, 0) is 25.5 Å². The van der Waals surface area contributed by atoms with Crippen LogP contribution in [0, 0.1) is 11.3 Å². The molecule has 4 rings (SSSR count). The number of benzene rings is 1. The van der Waals surface area contributed by atoms with E-state index in [4.69, 9.17) is 4.18 Å². The first-order valence-corrected chi connectivity index (χ1v) is 9.80. The van der Waals surface area contributed by atoms with Crippen LogP contribution in [0.4, 0.5) is 0 Å². The Morgan fingerprint density at radius 3 is 2.52 bits per heavy atom. The number of carbonyl (C=O) groups excluding carboxylic acids is 1. The maximum atomic E-state index is 12.8. The highest BCUT2D eigenvalue weighted by molar-refractivity contribution is 7.87. The Hall–Kier alpha value is -1.20. The van der Waals surface area contributed by atoms with Gasteiger partial charge in [0, 0.05) is 11.8 Å². The summed E-state index contributed by atoms with van der Waals surface area (Å²) in [7, 11) is -3.67. The summed E-state index contributed by atoms with van der Waals surface area (Å²) in [5.41, 5.74) is 0.427. The van der Waals surface area contributed by atoms with E-state index in [1.807, 2.05) is 30.3 Å². The van der Waals surface area contributed by atoms with Gasteiger partial charge in [0.25, 0.3) is 10.1 Å². The summed E-state index contributed by atoms with van der Waals surface area (Å²) < 4.78 is 30.2. The summed E-state index contributed by atoms with van der Waals surface area (Å²) in [6.07, 6.45) is 2.70. The second-order valence-corrected chi connectivity index (χ2v) is 8.95. The van der Waals surface area contributed by atoms with E-state index in [2.05, 4.69) is 0 Å². The van der Waals surface area contributed by atoms with Gasteiger partial charge in [-0.1, -0.05) is 30.3 Å². The van der Waals surface area contributed by atoms with Crippen molar-refractivity contribution in [2.45, 2.75) is 57.3 Å². The standard InChI is InChI=1S/C18H24O4S/c1-13(2)22-23(20,21)17-10-15-11-18(17,12-15)16(19)9-8-14-6-4-3-5-7-14/h3-7,13,15,17H,8-12H2,1-2H3. The summed E-state index contributed by atoms with van der Waals surface area (Å²) in [6, 6.07) is 9.86. The zero-order chi connectivity index (χ0) is 16.7. The minimum Gasteiger partial charge on any atom is -0.299 e. The van der Waals surface area contributed by atoms with E-state index in [-0.39, 0.29) is 11.9 Å². The molecule has 4 nitrogen and oxygen atoms in total. The second-order valence-electron chi connectivity index (χ2n) is 7.20. The zero-order valence-electron chi connectivity index (χ0n) is 13.7. The van der Waals surface area contributed by atoms with Crippen molar-refractivity contribution in [1.82, 2.24) is 0 Å². The molecule has 126 valence electrons. The van der Waals surface area contributed by atoms with Gasteiger partial charge in [-0.3, -0.25) is 8.98 Å². The Morgan fingerprint density at radius 2 is 1.91 bits per heavy atom. The van der Waals surface area contributed by atoms with Crippen molar-refractivity contribution in [2.24, 2.45) is 11.3 Å². The third kappa shape index (κ3) is 3.09. The lowest BCUT2D eigenvalue weighted by atomic mass is 9.66.